The van der Waals surface area contributed by atoms with E-state index in [1.54, 1.807) is 24.3 Å². The van der Waals surface area contributed by atoms with Crippen LogP contribution in [0.15, 0.2) is 58.5 Å². The van der Waals surface area contributed by atoms with Crippen molar-refractivity contribution in [2.75, 3.05) is 20.2 Å². The maximum atomic E-state index is 13.3. The molecule has 0 saturated heterocycles. The smallest absolute Gasteiger partial charge is 0.414 e. The lowest BCUT2D eigenvalue weighted by Crippen LogP contribution is -2.11. The summed E-state index contributed by atoms with van der Waals surface area (Å²) in [7, 11) is -1.75. The average Bonchev–Trinajstić information content (AvgIpc) is 3.18. The Hall–Kier alpha value is -3.37. The zero-order valence-corrected chi connectivity index (χ0v) is 19.5. The Labute approximate surface area is 192 Å². The maximum absolute atomic E-state index is 13.3. The van der Waals surface area contributed by atoms with Crippen molar-refractivity contribution in [3.63, 3.8) is 0 Å². The number of carboxylic acids is 2. The van der Waals surface area contributed by atoms with E-state index >= 15 is 0 Å². The lowest BCUT2D eigenvalue weighted by Gasteiger charge is -2.10. The fourth-order valence-corrected chi connectivity index (χ4v) is 4.81. The van der Waals surface area contributed by atoms with Crippen LogP contribution in [0.3, 0.4) is 0 Å². The molecule has 3 aromatic rings. The lowest BCUT2D eigenvalue weighted by atomic mass is 10.0. The third-order valence-electron chi connectivity index (χ3n) is 4.71. The summed E-state index contributed by atoms with van der Waals surface area (Å²) in [5.74, 6) is -2.89. The van der Waals surface area contributed by atoms with Crippen LogP contribution in [-0.2, 0) is 19.4 Å². The first-order valence-electron chi connectivity index (χ1n) is 10.3. The highest BCUT2D eigenvalue weighted by Crippen LogP contribution is 2.35. The standard InChI is InChI=1S/C21H26N2O3S.C2H2O4/c1-15(2)20-18-7-4-5-8-19(18)23-21(20)27(24,25)17-11-9-16(10-12-17)26-14-6-13-22-3;3-1(4)2(5)6/h4-5,7-12,15,22-23H,6,13-14H2,1-3H3;(H,3,4)(H,5,6). The number of carboxylic acid groups (broad SMARTS) is 2. The summed E-state index contributed by atoms with van der Waals surface area (Å²) < 4.78 is 32.2. The van der Waals surface area contributed by atoms with Gasteiger partial charge >= 0.3 is 11.9 Å². The predicted molar refractivity (Wildman–Crippen MR) is 124 cm³/mol. The van der Waals surface area contributed by atoms with Crippen LogP contribution < -0.4 is 10.1 Å². The van der Waals surface area contributed by atoms with Crippen LogP contribution in [0.5, 0.6) is 5.75 Å². The molecule has 0 unspecified atom stereocenters. The van der Waals surface area contributed by atoms with Gasteiger partial charge in [-0.3, -0.25) is 0 Å². The van der Waals surface area contributed by atoms with Crippen molar-refractivity contribution in [2.24, 2.45) is 0 Å². The van der Waals surface area contributed by atoms with E-state index in [1.807, 2.05) is 45.2 Å². The topological polar surface area (TPSA) is 146 Å². The Morgan fingerprint density at radius 2 is 1.64 bits per heavy atom. The van der Waals surface area contributed by atoms with Crippen LogP contribution in [-0.4, -0.2) is 55.8 Å². The minimum Gasteiger partial charge on any atom is -0.494 e. The van der Waals surface area contributed by atoms with E-state index < -0.39 is 21.8 Å². The molecule has 0 saturated carbocycles. The van der Waals surface area contributed by atoms with Crippen molar-refractivity contribution in [3.8, 4) is 5.75 Å². The number of ether oxygens (including phenoxy) is 1. The first-order valence-corrected chi connectivity index (χ1v) is 11.8. The summed E-state index contributed by atoms with van der Waals surface area (Å²) in [6.45, 7) is 5.49. The molecule has 0 amide bonds. The molecule has 0 aliphatic carbocycles. The SMILES string of the molecule is CNCCCOc1ccc(S(=O)(=O)c2[nH]c3ccccc3c2C(C)C)cc1.O=C(O)C(=O)O. The average molecular weight is 477 g/mol. The van der Waals surface area contributed by atoms with Crippen LogP contribution in [0, 0.1) is 0 Å². The Balaban J connectivity index is 0.000000569. The Kier molecular flexibility index (Phi) is 9.01. The Morgan fingerprint density at radius 1 is 1.03 bits per heavy atom. The monoisotopic (exact) mass is 476 g/mol. The number of fused-ring (bicyclic) bond motifs is 1. The molecule has 0 aliphatic heterocycles. The molecule has 9 nitrogen and oxygen atoms in total. The van der Waals surface area contributed by atoms with Crippen molar-refractivity contribution in [3.05, 3.63) is 54.1 Å². The first kappa shape index (κ1) is 25.9. The number of H-pyrrole nitrogens is 1. The van der Waals surface area contributed by atoms with Gasteiger partial charge in [0.05, 0.1) is 11.5 Å². The summed E-state index contributed by atoms with van der Waals surface area (Å²) in [6, 6.07) is 14.3. The van der Waals surface area contributed by atoms with E-state index in [-0.39, 0.29) is 15.8 Å². The quantitative estimate of drug-likeness (QED) is 0.286. The highest BCUT2D eigenvalue weighted by Gasteiger charge is 2.26. The van der Waals surface area contributed by atoms with E-state index in [0.717, 1.165) is 29.4 Å². The zero-order chi connectivity index (χ0) is 24.6. The molecule has 0 spiro atoms. The molecular weight excluding hydrogens is 448 g/mol. The summed E-state index contributed by atoms with van der Waals surface area (Å²) >= 11 is 0. The molecule has 0 bridgehead atoms. The van der Waals surface area contributed by atoms with Crippen LogP contribution >= 0.6 is 0 Å². The van der Waals surface area contributed by atoms with Gasteiger partial charge in [-0.1, -0.05) is 32.0 Å². The van der Waals surface area contributed by atoms with Gasteiger partial charge in [-0.15, -0.1) is 0 Å². The number of hydrogen-bond acceptors (Lipinski definition) is 6. The summed E-state index contributed by atoms with van der Waals surface area (Å²) in [5.41, 5.74) is 1.67. The highest BCUT2D eigenvalue weighted by molar-refractivity contribution is 7.91. The molecular formula is C23H28N2O7S. The molecule has 0 aliphatic rings. The van der Waals surface area contributed by atoms with Crippen LogP contribution in [0.25, 0.3) is 10.9 Å². The molecule has 1 heterocycles. The van der Waals surface area contributed by atoms with Crippen LogP contribution in [0.2, 0.25) is 0 Å². The van der Waals surface area contributed by atoms with Gasteiger partial charge in [0, 0.05) is 10.9 Å². The highest BCUT2D eigenvalue weighted by atomic mass is 32.2. The number of aromatic nitrogens is 1. The van der Waals surface area contributed by atoms with Gasteiger partial charge in [0.2, 0.25) is 9.84 Å². The van der Waals surface area contributed by atoms with E-state index in [9.17, 15) is 8.42 Å². The summed E-state index contributed by atoms with van der Waals surface area (Å²) in [4.78, 5) is 21.6. The van der Waals surface area contributed by atoms with Gasteiger partial charge in [-0.2, -0.15) is 0 Å². The van der Waals surface area contributed by atoms with Crippen molar-refractivity contribution >= 4 is 32.7 Å². The number of benzene rings is 2. The van der Waals surface area contributed by atoms with Crippen molar-refractivity contribution in [1.82, 2.24) is 10.3 Å². The molecule has 33 heavy (non-hydrogen) atoms. The van der Waals surface area contributed by atoms with Gasteiger partial charge in [0.25, 0.3) is 0 Å². The Morgan fingerprint density at radius 3 is 2.18 bits per heavy atom. The van der Waals surface area contributed by atoms with Crippen molar-refractivity contribution < 1.29 is 33.0 Å². The molecule has 0 radical (unpaired) electrons. The summed E-state index contributed by atoms with van der Waals surface area (Å²) in [6.07, 6.45) is 0.892. The van der Waals surface area contributed by atoms with Crippen molar-refractivity contribution in [2.45, 2.75) is 36.1 Å². The normalized spacial score (nSPS) is 11.2. The third kappa shape index (κ3) is 6.56. The van der Waals surface area contributed by atoms with Crippen LogP contribution in [0.4, 0.5) is 0 Å². The first-order chi connectivity index (χ1) is 15.6. The number of para-hydroxylation sites is 1. The number of nitrogens with one attached hydrogen (secondary N) is 2. The molecule has 3 rings (SSSR count). The minimum atomic E-state index is -3.64. The number of aromatic amines is 1. The van der Waals surface area contributed by atoms with E-state index in [1.165, 1.54) is 0 Å². The van der Waals surface area contributed by atoms with Crippen molar-refractivity contribution in [1.29, 1.82) is 0 Å². The number of carbonyl (C=O) groups is 2. The molecule has 4 N–H and O–H groups in total. The largest absolute Gasteiger partial charge is 0.494 e. The fourth-order valence-electron chi connectivity index (χ4n) is 3.20. The van der Waals surface area contributed by atoms with Gasteiger partial charge in [-0.25, -0.2) is 18.0 Å². The zero-order valence-electron chi connectivity index (χ0n) is 18.7. The van der Waals surface area contributed by atoms with Gasteiger partial charge in [0.1, 0.15) is 10.8 Å². The Bertz CT molecular complexity index is 1190. The minimum absolute atomic E-state index is 0.0840. The second kappa shape index (κ2) is 11.5. The fraction of sp³-hybridized carbons (Fsp3) is 0.304. The third-order valence-corrected chi connectivity index (χ3v) is 6.47. The molecule has 0 atom stereocenters. The molecule has 0 fully saturated rings. The lowest BCUT2D eigenvalue weighted by molar-refractivity contribution is -0.159. The number of aliphatic carboxylic acids is 2. The summed E-state index contributed by atoms with van der Waals surface area (Å²) in [5, 5.41) is 19.1. The second-order valence-corrected chi connectivity index (χ2v) is 9.35. The van der Waals surface area contributed by atoms with E-state index in [2.05, 4.69) is 10.3 Å². The number of hydrogen-bond donors (Lipinski definition) is 4. The molecule has 1 aromatic heterocycles. The van der Waals surface area contributed by atoms with Gasteiger partial charge in [-0.05, 0) is 61.8 Å². The maximum Gasteiger partial charge on any atom is 0.414 e. The second-order valence-electron chi connectivity index (χ2n) is 7.46. The van der Waals surface area contributed by atoms with E-state index in [4.69, 9.17) is 24.5 Å². The number of rotatable bonds is 8. The molecule has 10 heteroatoms. The molecule has 2 aromatic carbocycles. The van der Waals surface area contributed by atoms with E-state index in [0.29, 0.717) is 12.4 Å². The van der Waals surface area contributed by atoms with Crippen LogP contribution in [0.1, 0.15) is 31.7 Å². The molecule has 178 valence electrons. The van der Waals surface area contributed by atoms with Gasteiger partial charge in [0.15, 0.2) is 0 Å². The van der Waals surface area contributed by atoms with Gasteiger partial charge < -0.3 is 25.3 Å². The predicted octanol–water partition coefficient (Wildman–Crippen LogP) is 3.27. The number of sulfone groups is 1.